The summed E-state index contributed by atoms with van der Waals surface area (Å²) in [6.45, 7) is 3.34. The number of aliphatic hydroxyl groups excluding tert-OH is 1. The van der Waals surface area contributed by atoms with Crippen molar-refractivity contribution in [1.29, 1.82) is 0 Å². The van der Waals surface area contributed by atoms with Crippen LogP contribution in [-0.4, -0.2) is 49.2 Å². The van der Waals surface area contributed by atoms with Crippen molar-refractivity contribution in [3.05, 3.63) is 35.4 Å². The molecule has 0 saturated heterocycles. The van der Waals surface area contributed by atoms with Gasteiger partial charge in [-0.3, -0.25) is 4.79 Å². The minimum absolute atomic E-state index is 0.0835. The van der Waals surface area contributed by atoms with Crippen molar-refractivity contribution >= 4 is 5.91 Å². The van der Waals surface area contributed by atoms with Crippen LogP contribution in [0.2, 0.25) is 0 Å². The summed E-state index contributed by atoms with van der Waals surface area (Å²) in [5.74, 6) is -0.0835. The Labute approximate surface area is 115 Å². The van der Waals surface area contributed by atoms with E-state index in [0.717, 1.165) is 18.5 Å². The predicted octanol–water partition coefficient (Wildman–Crippen LogP) is 1.43. The maximum absolute atomic E-state index is 11.8. The number of aryl methyl sites for hydroxylation is 1. The van der Waals surface area contributed by atoms with Gasteiger partial charge in [0.15, 0.2) is 0 Å². The van der Waals surface area contributed by atoms with Crippen LogP contribution >= 0.6 is 0 Å². The van der Waals surface area contributed by atoms with Crippen LogP contribution in [0.5, 0.6) is 0 Å². The van der Waals surface area contributed by atoms with E-state index in [-0.39, 0.29) is 12.0 Å². The van der Waals surface area contributed by atoms with Gasteiger partial charge in [-0.05, 0) is 52.5 Å². The summed E-state index contributed by atoms with van der Waals surface area (Å²) in [7, 11) is 3.96. The lowest BCUT2D eigenvalue weighted by Gasteiger charge is -2.14. The first-order valence-electron chi connectivity index (χ1n) is 6.66. The monoisotopic (exact) mass is 264 g/mol. The van der Waals surface area contributed by atoms with Crippen molar-refractivity contribution in [2.24, 2.45) is 0 Å². The molecule has 0 radical (unpaired) electrons. The van der Waals surface area contributed by atoms with E-state index in [1.165, 1.54) is 0 Å². The quantitative estimate of drug-likeness (QED) is 0.783. The summed E-state index contributed by atoms with van der Waals surface area (Å²) in [6.07, 6.45) is 0.958. The molecule has 2 N–H and O–H groups in total. The maximum atomic E-state index is 11.8. The Hall–Kier alpha value is -1.39. The summed E-state index contributed by atoms with van der Waals surface area (Å²) in [5.41, 5.74) is 1.80. The van der Waals surface area contributed by atoms with Gasteiger partial charge in [0.05, 0.1) is 6.10 Å². The number of hydrogen-bond donors (Lipinski definition) is 2. The molecule has 0 heterocycles. The molecule has 4 heteroatoms. The molecule has 0 bridgehead atoms. The molecule has 0 spiro atoms. The smallest absolute Gasteiger partial charge is 0.251 e. The molecule has 106 valence electrons. The largest absolute Gasteiger partial charge is 0.393 e. The highest BCUT2D eigenvalue weighted by Crippen LogP contribution is 2.03. The van der Waals surface area contributed by atoms with Gasteiger partial charge < -0.3 is 15.3 Å². The third-order valence-corrected chi connectivity index (χ3v) is 2.99. The standard InChI is InChI=1S/C15H24N2O2/c1-12-4-6-13(7-5-12)15(19)16-10-8-14(18)9-11-17(2)3/h4-7,14,18H,8-11H2,1-3H3,(H,16,19). The topological polar surface area (TPSA) is 52.6 Å². The van der Waals surface area contributed by atoms with E-state index in [1.807, 2.05) is 50.2 Å². The van der Waals surface area contributed by atoms with Crippen molar-refractivity contribution in [3.63, 3.8) is 0 Å². The zero-order chi connectivity index (χ0) is 14.3. The lowest BCUT2D eigenvalue weighted by Crippen LogP contribution is -2.28. The minimum Gasteiger partial charge on any atom is -0.393 e. The number of carbonyl (C=O) groups is 1. The molecule has 0 aliphatic carbocycles. The summed E-state index contributed by atoms with van der Waals surface area (Å²) in [4.78, 5) is 13.8. The molecule has 1 rings (SSSR count). The molecule has 4 nitrogen and oxygen atoms in total. The van der Waals surface area contributed by atoms with E-state index >= 15 is 0 Å². The van der Waals surface area contributed by atoms with Crippen LogP contribution in [0, 0.1) is 6.92 Å². The fourth-order valence-corrected chi connectivity index (χ4v) is 1.71. The third-order valence-electron chi connectivity index (χ3n) is 2.99. The molecule has 19 heavy (non-hydrogen) atoms. The van der Waals surface area contributed by atoms with Gasteiger partial charge in [0.2, 0.25) is 0 Å². The lowest BCUT2D eigenvalue weighted by atomic mass is 10.1. The minimum atomic E-state index is -0.360. The summed E-state index contributed by atoms with van der Waals surface area (Å²) in [5, 5.41) is 12.6. The van der Waals surface area contributed by atoms with E-state index < -0.39 is 0 Å². The summed E-state index contributed by atoms with van der Waals surface area (Å²) in [6, 6.07) is 7.46. The Morgan fingerprint density at radius 2 is 1.89 bits per heavy atom. The van der Waals surface area contributed by atoms with Crippen LogP contribution < -0.4 is 5.32 Å². The molecule has 0 aromatic heterocycles. The third kappa shape index (κ3) is 6.36. The maximum Gasteiger partial charge on any atom is 0.251 e. The average molecular weight is 264 g/mol. The van der Waals surface area contributed by atoms with Gasteiger partial charge in [-0.25, -0.2) is 0 Å². The van der Waals surface area contributed by atoms with E-state index in [4.69, 9.17) is 0 Å². The van der Waals surface area contributed by atoms with Crippen molar-refractivity contribution in [1.82, 2.24) is 10.2 Å². The van der Waals surface area contributed by atoms with E-state index in [1.54, 1.807) is 0 Å². The second kappa shape index (κ2) is 7.92. The second-order valence-electron chi connectivity index (χ2n) is 5.16. The molecule has 1 amide bonds. The van der Waals surface area contributed by atoms with Gasteiger partial charge in [-0.1, -0.05) is 17.7 Å². The van der Waals surface area contributed by atoms with Crippen LogP contribution in [0.15, 0.2) is 24.3 Å². The summed E-state index contributed by atoms with van der Waals surface area (Å²) < 4.78 is 0. The molecule has 0 saturated carbocycles. The van der Waals surface area contributed by atoms with E-state index in [0.29, 0.717) is 18.5 Å². The SMILES string of the molecule is Cc1ccc(C(=O)NCCC(O)CCN(C)C)cc1. The van der Waals surface area contributed by atoms with Crippen LogP contribution in [0.4, 0.5) is 0 Å². The van der Waals surface area contributed by atoms with E-state index in [2.05, 4.69) is 5.32 Å². The van der Waals surface area contributed by atoms with Gasteiger partial charge >= 0.3 is 0 Å². The number of rotatable bonds is 7. The number of hydrogen-bond acceptors (Lipinski definition) is 3. The normalized spacial score (nSPS) is 12.5. The average Bonchev–Trinajstić information content (AvgIpc) is 2.37. The predicted molar refractivity (Wildman–Crippen MR) is 77.3 cm³/mol. The second-order valence-corrected chi connectivity index (χ2v) is 5.16. The molecule has 1 atom stereocenters. The van der Waals surface area contributed by atoms with Crippen molar-refractivity contribution in [2.45, 2.75) is 25.9 Å². The van der Waals surface area contributed by atoms with Gasteiger partial charge in [0, 0.05) is 12.1 Å². The number of aliphatic hydroxyl groups is 1. The molecule has 0 aliphatic heterocycles. The molecule has 1 aromatic carbocycles. The number of nitrogens with zero attached hydrogens (tertiary/aromatic N) is 1. The first-order valence-corrected chi connectivity index (χ1v) is 6.66. The highest BCUT2D eigenvalue weighted by atomic mass is 16.3. The zero-order valence-corrected chi connectivity index (χ0v) is 12.0. The van der Waals surface area contributed by atoms with Crippen molar-refractivity contribution < 1.29 is 9.90 Å². The fourth-order valence-electron chi connectivity index (χ4n) is 1.71. The zero-order valence-electron chi connectivity index (χ0n) is 12.0. The molecule has 1 unspecified atom stereocenters. The van der Waals surface area contributed by atoms with Crippen LogP contribution in [-0.2, 0) is 0 Å². The molecule has 1 aromatic rings. The van der Waals surface area contributed by atoms with Gasteiger partial charge in [0.1, 0.15) is 0 Å². The fraction of sp³-hybridized carbons (Fsp3) is 0.533. The number of carbonyl (C=O) groups excluding carboxylic acids is 1. The Morgan fingerprint density at radius 3 is 2.47 bits per heavy atom. The first-order chi connectivity index (χ1) is 8.99. The molecule has 0 fully saturated rings. The number of nitrogens with one attached hydrogen (secondary N) is 1. The highest BCUT2D eigenvalue weighted by molar-refractivity contribution is 5.94. The lowest BCUT2D eigenvalue weighted by molar-refractivity contribution is 0.0938. The van der Waals surface area contributed by atoms with Gasteiger partial charge in [0.25, 0.3) is 5.91 Å². The van der Waals surface area contributed by atoms with Crippen molar-refractivity contribution in [2.75, 3.05) is 27.2 Å². The van der Waals surface area contributed by atoms with Gasteiger partial charge in [-0.2, -0.15) is 0 Å². The van der Waals surface area contributed by atoms with Crippen LogP contribution in [0.1, 0.15) is 28.8 Å². The van der Waals surface area contributed by atoms with Crippen LogP contribution in [0.3, 0.4) is 0 Å². The van der Waals surface area contributed by atoms with E-state index in [9.17, 15) is 9.90 Å². The van der Waals surface area contributed by atoms with Crippen LogP contribution in [0.25, 0.3) is 0 Å². The summed E-state index contributed by atoms with van der Waals surface area (Å²) >= 11 is 0. The van der Waals surface area contributed by atoms with Crippen molar-refractivity contribution in [3.8, 4) is 0 Å². The number of amides is 1. The highest BCUT2D eigenvalue weighted by Gasteiger charge is 2.07. The first kappa shape index (κ1) is 15.7. The molecular formula is C15H24N2O2. The number of benzene rings is 1. The molecule has 0 aliphatic rings. The Balaban J connectivity index is 2.25. The Morgan fingerprint density at radius 1 is 1.26 bits per heavy atom. The Kier molecular flexibility index (Phi) is 6.53. The molecular weight excluding hydrogens is 240 g/mol. The Bertz CT molecular complexity index is 388. The van der Waals surface area contributed by atoms with Gasteiger partial charge in [-0.15, -0.1) is 0 Å².